The number of amidine groups is 2. The van der Waals surface area contributed by atoms with Gasteiger partial charge in [0.05, 0.1) is 6.54 Å². The van der Waals surface area contributed by atoms with Crippen molar-refractivity contribution in [3.63, 3.8) is 0 Å². The molecule has 1 aromatic heterocycles. The molecule has 0 bridgehead atoms. The van der Waals surface area contributed by atoms with Crippen molar-refractivity contribution >= 4 is 29.1 Å². The first-order valence-corrected chi connectivity index (χ1v) is 9.22. The summed E-state index contributed by atoms with van der Waals surface area (Å²) in [7, 11) is 0. The topological polar surface area (TPSA) is 97.0 Å². The van der Waals surface area contributed by atoms with Crippen molar-refractivity contribution in [1.82, 2.24) is 19.2 Å². The molecule has 1 amide bonds. The van der Waals surface area contributed by atoms with Crippen LogP contribution in [0.25, 0.3) is 0 Å². The molecule has 2 heterocycles. The summed E-state index contributed by atoms with van der Waals surface area (Å²) in [5.74, 6) is -0.894. The number of halogens is 2. The number of nitrogens with one attached hydrogen (secondary N) is 2. The van der Waals surface area contributed by atoms with E-state index in [-0.39, 0.29) is 36.9 Å². The van der Waals surface area contributed by atoms with Gasteiger partial charge in [0.25, 0.3) is 5.91 Å². The molecule has 0 radical (unpaired) electrons. The number of carbonyl (C=O) groups is 1. The molecule has 0 spiro atoms. The smallest absolute Gasteiger partial charge is 0.254 e. The van der Waals surface area contributed by atoms with Crippen molar-refractivity contribution in [2.24, 2.45) is 0 Å². The lowest BCUT2D eigenvalue weighted by Crippen LogP contribution is -2.53. The first-order chi connectivity index (χ1) is 12.9. The molecular weight excluding hydrogens is 374 g/mol. The van der Waals surface area contributed by atoms with Gasteiger partial charge >= 0.3 is 0 Å². The van der Waals surface area contributed by atoms with Crippen LogP contribution in [0.1, 0.15) is 39.9 Å². The fourth-order valence-corrected chi connectivity index (χ4v) is 3.64. The van der Waals surface area contributed by atoms with Gasteiger partial charge in [-0.3, -0.25) is 15.6 Å². The quantitative estimate of drug-likeness (QED) is 0.621. The third-order valence-corrected chi connectivity index (χ3v) is 5.25. The van der Waals surface area contributed by atoms with Crippen LogP contribution in [-0.2, 0) is 0 Å². The number of aromatic nitrogens is 2. The van der Waals surface area contributed by atoms with Crippen LogP contribution in [0.15, 0.2) is 18.2 Å². The number of benzene rings is 1. The Morgan fingerprint density at radius 2 is 1.89 bits per heavy atom. The molecule has 0 atom stereocenters. The highest BCUT2D eigenvalue weighted by atomic mass is 32.1. The zero-order valence-corrected chi connectivity index (χ0v) is 15.0. The van der Waals surface area contributed by atoms with Gasteiger partial charge in [-0.1, -0.05) is 0 Å². The first kappa shape index (κ1) is 17.7. The minimum absolute atomic E-state index is 0.0480. The molecule has 1 aliphatic heterocycles. The number of hydrogen-bond acceptors (Lipinski definition) is 6. The van der Waals surface area contributed by atoms with Crippen molar-refractivity contribution < 1.29 is 13.6 Å². The predicted octanol–water partition coefficient (Wildman–Crippen LogP) is 2.45. The monoisotopic (exact) mass is 390 g/mol. The Labute approximate surface area is 157 Å². The summed E-state index contributed by atoms with van der Waals surface area (Å²) in [5, 5.41) is 17.0. The summed E-state index contributed by atoms with van der Waals surface area (Å²) in [6.07, 6.45) is 2.14. The molecule has 1 saturated heterocycles. The number of amides is 1. The maximum absolute atomic E-state index is 13.3. The Hall–Kier alpha value is -2.75. The van der Waals surface area contributed by atoms with Crippen LogP contribution in [0.4, 0.5) is 8.78 Å². The van der Waals surface area contributed by atoms with Crippen LogP contribution in [0.3, 0.4) is 0 Å². The van der Waals surface area contributed by atoms with Gasteiger partial charge in [0, 0.05) is 30.6 Å². The Kier molecular flexibility index (Phi) is 4.42. The van der Waals surface area contributed by atoms with E-state index < -0.39 is 17.5 Å². The highest BCUT2D eigenvalue weighted by Crippen LogP contribution is 2.38. The van der Waals surface area contributed by atoms with Crippen molar-refractivity contribution in [2.45, 2.75) is 18.8 Å². The normalized spacial score (nSPS) is 17.3. The second-order valence-corrected chi connectivity index (χ2v) is 7.32. The van der Waals surface area contributed by atoms with Crippen molar-refractivity contribution in [2.75, 3.05) is 19.6 Å². The van der Waals surface area contributed by atoms with E-state index in [2.05, 4.69) is 9.36 Å². The van der Waals surface area contributed by atoms with Gasteiger partial charge in [0.1, 0.15) is 23.3 Å². The number of rotatable bonds is 3. The lowest BCUT2D eigenvalue weighted by atomic mass is 10.1. The van der Waals surface area contributed by atoms with Gasteiger partial charge in [-0.15, -0.1) is 0 Å². The molecule has 2 fully saturated rings. The molecule has 7 nitrogen and oxygen atoms in total. The average Bonchev–Trinajstić information content (AvgIpc) is 3.36. The highest BCUT2D eigenvalue weighted by molar-refractivity contribution is 7.07. The summed E-state index contributed by atoms with van der Waals surface area (Å²) in [5.41, 5.74) is -0.0953. The van der Waals surface area contributed by atoms with Gasteiger partial charge in [-0.2, -0.15) is 4.37 Å². The number of hydrogen-bond donors (Lipinski definition) is 2. The van der Waals surface area contributed by atoms with Gasteiger partial charge in [0.2, 0.25) is 0 Å². The SMILES string of the molecule is N=C1CN(C(=O)c2cc(F)cc(F)c2)CCN1C(=N)c1nc(C2CC2)ns1. The van der Waals surface area contributed by atoms with Crippen LogP contribution >= 0.6 is 11.5 Å². The molecule has 1 aliphatic carbocycles. The molecule has 1 aromatic carbocycles. The van der Waals surface area contributed by atoms with E-state index in [0.29, 0.717) is 17.0 Å². The van der Waals surface area contributed by atoms with Crippen molar-refractivity contribution in [3.8, 4) is 0 Å². The molecule has 2 N–H and O–H groups in total. The molecule has 27 heavy (non-hydrogen) atoms. The molecule has 1 saturated carbocycles. The summed E-state index contributed by atoms with van der Waals surface area (Å²) in [6, 6.07) is 2.66. The molecule has 140 valence electrons. The van der Waals surface area contributed by atoms with E-state index in [0.717, 1.165) is 42.3 Å². The van der Waals surface area contributed by atoms with E-state index in [1.165, 1.54) is 9.80 Å². The first-order valence-electron chi connectivity index (χ1n) is 8.45. The molecule has 4 rings (SSSR count). The zero-order chi connectivity index (χ0) is 19.1. The van der Waals surface area contributed by atoms with E-state index in [9.17, 15) is 13.6 Å². The summed E-state index contributed by atoms with van der Waals surface area (Å²) < 4.78 is 31.0. The lowest BCUT2D eigenvalue weighted by Gasteiger charge is -2.35. The summed E-state index contributed by atoms with van der Waals surface area (Å²) >= 11 is 1.14. The van der Waals surface area contributed by atoms with Crippen LogP contribution in [0.5, 0.6) is 0 Å². The molecule has 2 aliphatic rings. The third-order valence-electron chi connectivity index (χ3n) is 4.51. The molecule has 10 heteroatoms. The predicted molar refractivity (Wildman–Crippen MR) is 95.4 cm³/mol. The number of nitrogens with zero attached hydrogens (tertiary/aromatic N) is 4. The van der Waals surface area contributed by atoms with Crippen LogP contribution in [0, 0.1) is 22.5 Å². The van der Waals surface area contributed by atoms with Crippen molar-refractivity contribution in [3.05, 3.63) is 46.2 Å². The van der Waals surface area contributed by atoms with Gasteiger partial charge in [-0.25, -0.2) is 13.8 Å². The van der Waals surface area contributed by atoms with E-state index in [1.54, 1.807) is 0 Å². The fourth-order valence-electron chi connectivity index (χ4n) is 2.93. The Bertz CT molecular complexity index is 921. The summed E-state index contributed by atoms with van der Waals surface area (Å²) in [6.45, 7) is 0.420. The maximum Gasteiger partial charge on any atom is 0.254 e. The third kappa shape index (κ3) is 3.57. The largest absolute Gasteiger partial charge is 0.329 e. The van der Waals surface area contributed by atoms with Gasteiger partial charge in [-0.05, 0) is 36.5 Å². The number of piperazine rings is 1. The van der Waals surface area contributed by atoms with Crippen LogP contribution in [-0.4, -0.2) is 56.4 Å². The van der Waals surface area contributed by atoms with Crippen LogP contribution < -0.4 is 0 Å². The van der Waals surface area contributed by atoms with E-state index in [4.69, 9.17) is 10.8 Å². The Morgan fingerprint density at radius 1 is 1.19 bits per heavy atom. The zero-order valence-electron chi connectivity index (χ0n) is 14.2. The molecular formula is C17H16F2N6OS. The number of carbonyl (C=O) groups excluding carboxylic acids is 1. The second-order valence-electron chi connectivity index (χ2n) is 6.56. The second kappa shape index (κ2) is 6.76. The molecule has 0 unspecified atom stereocenters. The summed E-state index contributed by atoms with van der Waals surface area (Å²) in [4.78, 5) is 19.7. The van der Waals surface area contributed by atoms with Crippen molar-refractivity contribution in [1.29, 1.82) is 10.8 Å². The van der Waals surface area contributed by atoms with Crippen LogP contribution in [0.2, 0.25) is 0 Å². The highest BCUT2D eigenvalue weighted by Gasteiger charge is 2.32. The minimum Gasteiger partial charge on any atom is -0.329 e. The van der Waals surface area contributed by atoms with Gasteiger partial charge in [0.15, 0.2) is 10.8 Å². The lowest BCUT2D eigenvalue weighted by molar-refractivity contribution is 0.0756. The average molecular weight is 390 g/mol. The Morgan fingerprint density at radius 3 is 2.52 bits per heavy atom. The molecule has 2 aromatic rings. The maximum atomic E-state index is 13.3. The standard InChI is InChI=1S/C17H16F2N6OS/c18-11-5-10(6-12(19)7-11)17(26)24-3-4-25(13(20)8-24)14(21)16-22-15(23-27-16)9-1-2-9/h5-7,9,20-21H,1-4,8H2. The Balaban J connectivity index is 1.44. The fraction of sp³-hybridized carbons (Fsp3) is 0.353. The minimum atomic E-state index is -0.823. The van der Waals surface area contributed by atoms with Gasteiger partial charge < -0.3 is 9.80 Å². The van der Waals surface area contributed by atoms with E-state index >= 15 is 0 Å². The van der Waals surface area contributed by atoms with E-state index in [1.807, 2.05) is 0 Å².